The highest BCUT2D eigenvalue weighted by Crippen LogP contribution is 2.44. The molecule has 3 rings (SSSR count). The van der Waals surface area contributed by atoms with Gasteiger partial charge in [0, 0.05) is 30.5 Å². The molecular formula is C15H22N4OS. The molecule has 0 bridgehead atoms. The van der Waals surface area contributed by atoms with E-state index in [9.17, 15) is 0 Å². The third kappa shape index (κ3) is 2.36. The zero-order valence-electron chi connectivity index (χ0n) is 13.2. The summed E-state index contributed by atoms with van der Waals surface area (Å²) in [5.74, 6) is 1.58. The first-order valence-corrected chi connectivity index (χ1v) is 8.02. The van der Waals surface area contributed by atoms with Gasteiger partial charge in [0.2, 0.25) is 5.95 Å². The van der Waals surface area contributed by atoms with Gasteiger partial charge < -0.3 is 15.4 Å². The predicted octanol–water partition coefficient (Wildman–Crippen LogP) is 3.27. The summed E-state index contributed by atoms with van der Waals surface area (Å²) >= 11 is 1.70. The molecule has 5 nitrogen and oxygen atoms in total. The van der Waals surface area contributed by atoms with E-state index in [0.29, 0.717) is 18.1 Å². The fourth-order valence-corrected chi connectivity index (χ4v) is 3.84. The van der Waals surface area contributed by atoms with Crippen LogP contribution in [0.25, 0.3) is 10.2 Å². The van der Waals surface area contributed by atoms with Gasteiger partial charge >= 0.3 is 0 Å². The van der Waals surface area contributed by atoms with Crippen molar-refractivity contribution in [3.63, 3.8) is 0 Å². The first-order valence-electron chi connectivity index (χ1n) is 7.21. The molecule has 0 aromatic carbocycles. The van der Waals surface area contributed by atoms with Crippen molar-refractivity contribution >= 4 is 33.3 Å². The minimum Gasteiger partial charge on any atom is -0.381 e. The molecule has 6 heteroatoms. The Hall–Kier alpha value is -1.40. The van der Waals surface area contributed by atoms with E-state index >= 15 is 0 Å². The van der Waals surface area contributed by atoms with Crippen LogP contribution in [0.2, 0.25) is 0 Å². The molecule has 2 atom stereocenters. The average Bonchev–Trinajstić information content (AvgIpc) is 2.82. The number of nitrogens with one attached hydrogen (secondary N) is 2. The number of aromatic nitrogens is 2. The lowest BCUT2D eigenvalue weighted by atomic mass is 9.64. The molecule has 114 valence electrons. The lowest BCUT2D eigenvalue weighted by Crippen LogP contribution is -2.57. The Bertz CT molecular complexity index is 667. The van der Waals surface area contributed by atoms with Crippen molar-refractivity contribution in [2.75, 3.05) is 24.8 Å². The molecule has 0 amide bonds. The van der Waals surface area contributed by atoms with Gasteiger partial charge in [-0.25, -0.2) is 4.98 Å². The summed E-state index contributed by atoms with van der Waals surface area (Å²) in [6.07, 6.45) is 1.31. The van der Waals surface area contributed by atoms with Gasteiger partial charge in [0.15, 0.2) is 0 Å². The lowest BCUT2D eigenvalue weighted by molar-refractivity contribution is -0.0795. The third-order valence-corrected chi connectivity index (χ3v) is 5.46. The molecule has 21 heavy (non-hydrogen) atoms. The van der Waals surface area contributed by atoms with Crippen molar-refractivity contribution in [2.45, 2.75) is 39.3 Å². The van der Waals surface area contributed by atoms with Crippen LogP contribution in [0.5, 0.6) is 0 Å². The number of methoxy groups -OCH3 is 1. The third-order valence-electron chi connectivity index (χ3n) is 4.51. The number of ether oxygens (including phenoxy) is 1. The molecule has 0 aliphatic heterocycles. The Morgan fingerprint density at radius 3 is 2.76 bits per heavy atom. The van der Waals surface area contributed by atoms with Crippen molar-refractivity contribution in [1.82, 2.24) is 9.97 Å². The Balaban J connectivity index is 1.93. The van der Waals surface area contributed by atoms with Gasteiger partial charge in [0.25, 0.3) is 0 Å². The number of nitrogens with zero attached hydrogens (tertiary/aromatic N) is 2. The minimum atomic E-state index is 0.108. The second kappa shape index (κ2) is 5.10. The van der Waals surface area contributed by atoms with Gasteiger partial charge in [0.1, 0.15) is 10.6 Å². The van der Waals surface area contributed by atoms with E-state index in [1.54, 1.807) is 18.4 Å². The van der Waals surface area contributed by atoms with Crippen LogP contribution in [-0.4, -0.2) is 36.3 Å². The van der Waals surface area contributed by atoms with Gasteiger partial charge in [0.05, 0.1) is 11.5 Å². The largest absolute Gasteiger partial charge is 0.381 e. The molecule has 1 saturated carbocycles. The maximum absolute atomic E-state index is 5.52. The second-order valence-electron chi connectivity index (χ2n) is 6.20. The van der Waals surface area contributed by atoms with Crippen molar-refractivity contribution in [3.05, 3.63) is 10.9 Å². The Kier molecular flexibility index (Phi) is 3.53. The normalized spacial score (nSPS) is 23.9. The zero-order valence-corrected chi connectivity index (χ0v) is 14.0. The van der Waals surface area contributed by atoms with E-state index in [-0.39, 0.29) is 5.41 Å². The number of rotatable bonds is 4. The number of anilines is 2. The summed E-state index contributed by atoms with van der Waals surface area (Å²) in [4.78, 5) is 11.4. The molecular weight excluding hydrogens is 284 g/mol. The smallest absolute Gasteiger partial charge is 0.225 e. The zero-order chi connectivity index (χ0) is 15.2. The van der Waals surface area contributed by atoms with Crippen molar-refractivity contribution in [2.24, 2.45) is 5.41 Å². The quantitative estimate of drug-likeness (QED) is 0.908. The predicted molar refractivity (Wildman–Crippen MR) is 88.3 cm³/mol. The number of fused-ring (bicyclic) bond motifs is 1. The molecule has 1 aliphatic rings. The van der Waals surface area contributed by atoms with E-state index in [1.807, 2.05) is 7.05 Å². The first kappa shape index (κ1) is 14.5. The Morgan fingerprint density at radius 2 is 2.14 bits per heavy atom. The van der Waals surface area contributed by atoms with Crippen molar-refractivity contribution < 1.29 is 4.74 Å². The first-order chi connectivity index (χ1) is 9.95. The van der Waals surface area contributed by atoms with Crippen molar-refractivity contribution in [3.8, 4) is 0 Å². The number of hydrogen-bond donors (Lipinski definition) is 2. The van der Waals surface area contributed by atoms with Crippen LogP contribution in [0.3, 0.4) is 0 Å². The van der Waals surface area contributed by atoms with E-state index < -0.39 is 0 Å². The highest BCUT2D eigenvalue weighted by Gasteiger charge is 2.48. The van der Waals surface area contributed by atoms with Crippen LogP contribution in [-0.2, 0) is 4.74 Å². The van der Waals surface area contributed by atoms with Crippen LogP contribution in [0.15, 0.2) is 6.07 Å². The summed E-state index contributed by atoms with van der Waals surface area (Å²) in [5.41, 5.74) is 0.108. The van der Waals surface area contributed by atoms with Gasteiger partial charge in [-0.1, -0.05) is 13.8 Å². The van der Waals surface area contributed by atoms with E-state index in [2.05, 4.69) is 47.4 Å². The van der Waals surface area contributed by atoms with Gasteiger partial charge in [-0.3, -0.25) is 0 Å². The van der Waals surface area contributed by atoms with Crippen LogP contribution < -0.4 is 10.6 Å². The molecule has 2 N–H and O–H groups in total. The van der Waals surface area contributed by atoms with E-state index in [1.165, 1.54) is 4.88 Å². The maximum atomic E-state index is 5.52. The molecule has 0 saturated heterocycles. The molecule has 2 aromatic rings. The van der Waals surface area contributed by atoms with Crippen molar-refractivity contribution in [1.29, 1.82) is 0 Å². The molecule has 1 fully saturated rings. The number of aryl methyl sites for hydroxylation is 1. The number of hydrogen-bond acceptors (Lipinski definition) is 6. The summed E-state index contributed by atoms with van der Waals surface area (Å²) in [7, 11) is 3.63. The summed E-state index contributed by atoms with van der Waals surface area (Å²) < 4.78 is 5.52. The maximum Gasteiger partial charge on any atom is 0.225 e. The van der Waals surface area contributed by atoms with E-state index in [4.69, 9.17) is 4.74 Å². The topological polar surface area (TPSA) is 59.1 Å². The second-order valence-corrected chi connectivity index (χ2v) is 7.43. The highest BCUT2D eigenvalue weighted by atomic mass is 32.1. The fraction of sp³-hybridized carbons (Fsp3) is 0.600. The monoisotopic (exact) mass is 306 g/mol. The van der Waals surface area contributed by atoms with Gasteiger partial charge in [-0.15, -0.1) is 11.3 Å². The van der Waals surface area contributed by atoms with Gasteiger partial charge in [-0.05, 0) is 19.4 Å². The summed E-state index contributed by atoms with van der Waals surface area (Å²) in [6, 6.07) is 2.52. The van der Waals surface area contributed by atoms with Crippen LogP contribution in [0.4, 0.5) is 11.8 Å². The lowest BCUT2D eigenvalue weighted by Gasteiger charge is -2.51. The standard InChI is InChI=1S/C15H22N4OS/c1-8-6-9-12(18-14(16-4)19-13(9)21-8)17-10-7-11(20-5)15(10,2)3/h6,10-11H,7H2,1-5H3,(H2,16,17,18,19). The molecule has 2 unspecified atom stereocenters. The average molecular weight is 306 g/mol. The fourth-order valence-electron chi connectivity index (χ4n) is 2.96. The number of thiophene rings is 1. The molecule has 2 heterocycles. The van der Waals surface area contributed by atoms with Crippen LogP contribution >= 0.6 is 11.3 Å². The van der Waals surface area contributed by atoms with Crippen LogP contribution in [0.1, 0.15) is 25.1 Å². The molecule has 0 radical (unpaired) electrons. The van der Waals surface area contributed by atoms with Gasteiger partial charge in [-0.2, -0.15) is 4.98 Å². The summed E-state index contributed by atoms with van der Waals surface area (Å²) in [5, 5.41) is 7.74. The SMILES string of the molecule is CNc1nc(NC2CC(OC)C2(C)C)c2cc(C)sc2n1. The van der Waals surface area contributed by atoms with Crippen LogP contribution in [0, 0.1) is 12.3 Å². The Morgan fingerprint density at radius 1 is 1.38 bits per heavy atom. The molecule has 1 aliphatic carbocycles. The molecule has 0 spiro atoms. The summed E-state index contributed by atoms with van der Waals surface area (Å²) in [6.45, 7) is 6.57. The minimum absolute atomic E-state index is 0.108. The molecule has 2 aromatic heterocycles. The van der Waals surface area contributed by atoms with E-state index in [0.717, 1.165) is 22.5 Å². The highest BCUT2D eigenvalue weighted by molar-refractivity contribution is 7.18. The Labute approximate surface area is 129 Å².